The first-order valence-corrected chi connectivity index (χ1v) is 12.0. The zero-order valence-electron chi connectivity index (χ0n) is 19.9. The van der Waals surface area contributed by atoms with Gasteiger partial charge in [0.1, 0.15) is 18.0 Å². The number of aryl methyl sites for hydroxylation is 1. The number of para-hydroxylation sites is 1. The van der Waals surface area contributed by atoms with Crippen molar-refractivity contribution in [1.29, 1.82) is 0 Å². The van der Waals surface area contributed by atoms with Crippen LogP contribution in [0.15, 0.2) is 67.3 Å². The number of rotatable bonds is 11. The highest BCUT2D eigenvalue weighted by Crippen LogP contribution is 2.29. The highest BCUT2D eigenvalue weighted by molar-refractivity contribution is 5.28. The molecule has 4 rings (SSSR count). The van der Waals surface area contributed by atoms with Gasteiger partial charge in [-0.25, -0.2) is 9.37 Å². The van der Waals surface area contributed by atoms with Crippen LogP contribution in [-0.2, 0) is 17.8 Å². The Balaban J connectivity index is 1.26. The van der Waals surface area contributed by atoms with E-state index in [0.29, 0.717) is 13.2 Å². The van der Waals surface area contributed by atoms with Crippen molar-refractivity contribution in [1.82, 2.24) is 14.5 Å². The van der Waals surface area contributed by atoms with E-state index in [0.717, 1.165) is 57.6 Å². The molecule has 1 atom stereocenters. The van der Waals surface area contributed by atoms with Crippen LogP contribution in [0.25, 0.3) is 0 Å². The third kappa shape index (κ3) is 6.81. The summed E-state index contributed by atoms with van der Waals surface area (Å²) in [5, 5.41) is 0. The first kappa shape index (κ1) is 24.2. The molecular weight excluding hydrogens is 433 g/mol. The standard InChI is InChI=1S/C27H34FN3O3/c1-32-27(21-34-26-10-3-2-9-25(26)28)11-5-14-30(16-12-27)20-23-7-4-8-24(19-23)33-18-6-15-31-17-13-29-22-31/h2-4,7-10,13,17,19,22H,5-6,11-12,14-16,18,20-21H2,1H3/t27-/m0/s1. The van der Waals surface area contributed by atoms with E-state index in [1.54, 1.807) is 31.5 Å². The number of aromatic nitrogens is 2. The van der Waals surface area contributed by atoms with Gasteiger partial charge in [0.25, 0.3) is 0 Å². The molecule has 1 aromatic heterocycles. The molecule has 2 aromatic carbocycles. The van der Waals surface area contributed by atoms with Gasteiger partial charge in [0.2, 0.25) is 0 Å². The molecule has 2 heterocycles. The van der Waals surface area contributed by atoms with Crippen molar-refractivity contribution in [3.05, 3.63) is 78.6 Å². The number of nitrogens with zero attached hydrogens (tertiary/aromatic N) is 3. The average Bonchev–Trinajstić information content (AvgIpc) is 3.30. The van der Waals surface area contributed by atoms with Crippen LogP contribution in [0.2, 0.25) is 0 Å². The Labute approximate surface area is 201 Å². The Kier molecular flexibility index (Phi) is 8.55. The van der Waals surface area contributed by atoms with E-state index in [-0.39, 0.29) is 11.6 Å². The predicted octanol–water partition coefficient (Wildman–Crippen LogP) is 4.94. The second-order valence-electron chi connectivity index (χ2n) is 8.89. The second kappa shape index (κ2) is 12.0. The summed E-state index contributed by atoms with van der Waals surface area (Å²) in [6, 6.07) is 14.9. The molecule has 1 aliphatic rings. The van der Waals surface area contributed by atoms with Gasteiger partial charge in [0.15, 0.2) is 11.6 Å². The Morgan fingerprint density at radius 1 is 1.06 bits per heavy atom. The Bertz CT molecular complexity index is 1010. The van der Waals surface area contributed by atoms with Crippen LogP contribution in [0.5, 0.6) is 11.5 Å². The normalized spacial score (nSPS) is 19.0. The minimum absolute atomic E-state index is 0.280. The molecule has 7 heteroatoms. The largest absolute Gasteiger partial charge is 0.494 e. The molecule has 0 spiro atoms. The van der Waals surface area contributed by atoms with Gasteiger partial charge < -0.3 is 18.8 Å². The zero-order chi connectivity index (χ0) is 23.6. The summed E-state index contributed by atoms with van der Waals surface area (Å²) in [6.45, 7) is 4.66. The van der Waals surface area contributed by atoms with Gasteiger partial charge in [-0.2, -0.15) is 0 Å². The van der Waals surface area contributed by atoms with Crippen molar-refractivity contribution in [3.8, 4) is 11.5 Å². The van der Waals surface area contributed by atoms with Crippen LogP contribution in [0.4, 0.5) is 4.39 Å². The van der Waals surface area contributed by atoms with Crippen molar-refractivity contribution in [2.45, 2.75) is 44.4 Å². The van der Waals surface area contributed by atoms with E-state index < -0.39 is 5.60 Å². The minimum Gasteiger partial charge on any atom is -0.494 e. The summed E-state index contributed by atoms with van der Waals surface area (Å²) in [6.07, 6.45) is 9.23. The summed E-state index contributed by atoms with van der Waals surface area (Å²) >= 11 is 0. The first-order valence-electron chi connectivity index (χ1n) is 12.0. The molecule has 0 saturated carbocycles. The molecule has 0 radical (unpaired) electrons. The number of hydrogen-bond donors (Lipinski definition) is 0. The van der Waals surface area contributed by atoms with Gasteiger partial charge >= 0.3 is 0 Å². The van der Waals surface area contributed by atoms with E-state index in [1.807, 2.05) is 18.6 Å². The maximum absolute atomic E-state index is 14.0. The SMILES string of the molecule is CO[C@@]1(COc2ccccc2F)CCCN(Cc2cccc(OCCCn3ccnc3)c2)CC1. The van der Waals surface area contributed by atoms with Crippen molar-refractivity contribution < 1.29 is 18.6 Å². The van der Waals surface area contributed by atoms with E-state index >= 15 is 0 Å². The molecule has 1 saturated heterocycles. The highest BCUT2D eigenvalue weighted by atomic mass is 19.1. The van der Waals surface area contributed by atoms with Gasteiger partial charge in [0.05, 0.1) is 12.9 Å². The quantitative estimate of drug-likeness (QED) is 0.374. The molecule has 34 heavy (non-hydrogen) atoms. The number of methoxy groups -OCH3 is 1. The first-order chi connectivity index (χ1) is 16.7. The lowest BCUT2D eigenvalue weighted by Crippen LogP contribution is -2.39. The van der Waals surface area contributed by atoms with Crippen LogP contribution >= 0.6 is 0 Å². The fraction of sp³-hybridized carbons (Fsp3) is 0.444. The Morgan fingerprint density at radius 3 is 2.79 bits per heavy atom. The third-order valence-corrected chi connectivity index (χ3v) is 6.44. The smallest absolute Gasteiger partial charge is 0.165 e. The van der Waals surface area contributed by atoms with Crippen molar-refractivity contribution in [3.63, 3.8) is 0 Å². The lowest BCUT2D eigenvalue weighted by atomic mass is 9.95. The molecular formula is C27H34FN3O3. The molecule has 3 aromatic rings. The average molecular weight is 468 g/mol. The molecule has 182 valence electrons. The van der Waals surface area contributed by atoms with E-state index in [1.165, 1.54) is 11.6 Å². The summed E-state index contributed by atoms with van der Waals surface area (Å²) in [5.74, 6) is 0.845. The minimum atomic E-state index is -0.406. The topological polar surface area (TPSA) is 48.8 Å². The lowest BCUT2D eigenvalue weighted by Gasteiger charge is -2.31. The van der Waals surface area contributed by atoms with Crippen LogP contribution in [0, 0.1) is 5.82 Å². The lowest BCUT2D eigenvalue weighted by molar-refractivity contribution is -0.0548. The number of hydrogen-bond acceptors (Lipinski definition) is 5. The van der Waals surface area contributed by atoms with Crippen LogP contribution in [0.3, 0.4) is 0 Å². The highest BCUT2D eigenvalue weighted by Gasteiger charge is 2.34. The molecule has 0 unspecified atom stereocenters. The summed E-state index contributed by atoms with van der Waals surface area (Å²) < 4.78 is 33.7. The molecule has 0 N–H and O–H groups in total. The maximum atomic E-state index is 14.0. The molecule has 0 bridgehead atoms. The molecule has 1 aliphatic heterocycles. The number of imidazole rings is 1. The van der Waals surface area contributed by atoms with Gasteiger partial charge in [-0.3, -0.25) is 4.90 Å². The van der Waals surface area contributed by atoms with Gasteiger partial charge in [-0.1, -0.05) is 24.3 Å². The van der Waals surface area contributed by atoms with E-state index in [2.05, 4.69) is 32.7 Å². The molecule has 0 aliphatic carbocycles. The molecule has 6 nitrogen and oxygen atoms in total. The maximum Gasteiger partial charge on any atom is 0.165 e. The number of benzene rings is 2. The fourth-order valence-electron chi connectivity index (χ4n) is 4.41. The molecule has 0 amide bonds. The van der Waals surface area contributed by atoms with Crippen molar-refractivity contribution >= 4 is 0 Å². The summed E-state index contributed by atoms with van der Waals surface area (Å²) in [4.78, 5) is 6.51. The Morgan fingerprint density at radius 2 is 1.97 bits per heavy atom. The number of likely N-dealkylation sites (tertiary alicyclic amines) is 1. The van der Waals surface area contributed by atoms with E-state index in [9.17, 15) is 4.39 Å². The Hall–Kier alpha value is -2.90. The van der Waals surface area contributed by atoms with Crippen molar-refractivity contribution in [2.24, 2.45) is 0 Å². The third-order valence-electron chi connectivity index (χ3n) is 6.44. The number of halogens is 1. The van der Waals surface area contributed by atoms with Crippen LogP contribution < -0.4 is 9.47 Å². The van der Waals surface area contributed by atoms with Crippen molar-refractivity contribution in [2.75, 3.05) is 33.4 Å². The zero-order valence-corrected chi connectivity index (χ0v) is 19.9. The summed E-state index contributed by atoms with van der Waals surface area (Å²) in [5.41, 5.74) is 0.830. The second-order valence-corrected chi connectivity index (χ2v) is 8.89. The monoisotopic (exact) mass is 467 g/mol. The van der Waals surface area contributed by atoms with Gasteiger partial charge in [-0.05, 0) is 62.1 Å². The van der Waals surface area contributed by atoms with E-state index in [4.69, 9.17) is 14.2 Å². The molecule has 1 fully saturated rings. The van der Waals surface area contributed by atoms with Gasteiger partial charge in [-0.15, -0.1) is 0 Å². The van der Waals surface area contributed by atoms with Crippen LogP contribution in [-0.4, -0.2) is 53.5 Å². The fourth-order valence-corrected chi connectivity index (χ4v) is 4.41. The van der Waals surface area contributed by atoms with Gasteiger partial charge in [0, 0.05) is 39.1 Å². The van der Waals surface area contributed by atoms with Crippen LogP contribution in [0.1, 0.15) is 31.2 Å². The summed E-state index contributed by atoms with van der Waals surface area (Å²) in [7, 11) is 1.73. The predicted molar refractivity (Wildman–Crippen MR) is 130 cm³/mol. The number of ether oxygens (including phenoxy) is 3.